The Morgan fingerprint density at radius 1 is 0.291 bits per heavy atom. The van der Waals surface area contributed by atoms with Gasteiger partial charge in [-0.15, -0.1) is 0 Å². The summed E-state index contributed by atoms with van der Waals surface area (Å²) >= 11 is 0. The summed E-state index contributed by atoms with van der Waals surface area (Å²) in [4.78, 5) is 19.3. The van der Waals surface area contributed by atoms with Crippen LogP contribution in [-0.2, 0) is 4.79 Å². The van der Waals surface area contributed by atoms with E-state index in [1.54, 1.807) is 18.2 Å². The van der Waals surface area contributed by atoms with Crippen LogP contribution in [0.5, 0.6) is 34.5 Å². The second-order valence-corrected chi connectivity index (χ2v) is 27.6. The van der Waals surface area contributed by atoms with Crippen molar-refractivity contribution < 1.29 is 33.2 Å². The Bertz CT molecular complexity index is 4220. The molecule has 6 atom stereocenters. The number of carbonyl (C=O) groups excluding carboxylic acids is 1. The van der Waals surface area contributed by atoms with E-state index in [2.05, 4.69) is 316 Å². The highest BCUT2D eigenvalue weighted by molar-refractivity contribution is 5.86. The zero-order chi connectivity index (χ0) is 72.9. The number of isocyanates is 1. The van der Waals surface area contributed by atoms with Gasteiger partial charge in [0.2, 0.25) is 6.08 Å². The number of anilines is 6. The smallest absolute Gasteiger partial charge is 0.240 e. The largest absolute Gasteiger partial charge is 0.493 e. The number of ether oxygens (including phenoxy) is 6. The van der Waals surface area contributed by atoms with Gasteiger partial charge in [-0.1, -0.05) is 249 Å². The molecule has 0 unspecified atom stereocenters. The van der Waals surface area contributed by atoms with Gasteiger partial charge in [0, 0.05) is 67.5 Å². The summed E-state index contributed by atoms with van der Waals surface area (Å²) < 4.78 is 41.0. The molecule has 9 rings (SSSR count). The van der Waals surface area contributed by atoms with Crippen molar-refractivity contribution in [3.63, 3.8) is 0 Å². The molecule has 9 aromatic carbocycles. The maximum absolute atomic E-state index is 11.0. The van der Waals surface area contributed by atoms with Gasteiger partial charge in [0.25, 0.3) is 0 Å². The van der Waals surface area contributed by atoms with Crippen molar-refractivity contribution in [1.29, 1.82) is 0 Å². The molecule has 0 radical (unpaired) electrons. The molecular weight excluding hydrogens is 1270 g/mol. The fraction of sp³-hybridized carbons (Fsp3) is 0.323. The number of aliphatic imine (C=N–C) groups is 1. The second-order valence-electron chi connectivity index (χ2n) is 27.6. The third-order valence-electron chi connectivity index (χ3n) is 19.1. The van der Waals surface area contributed by atoms with Gasteiger partial charge in [0.15, 0.2) is 0 Å². The molecule has 0 aliphatic heterocycles. The predicted molar refractivity (Wildman–Crippen MR) is 435 cm³/mol. The molecule has 0 spiro atoms. The Labute approximate surface area is 615 Å². The summed E-state index contributed by atoms with van der Waals surface area (Å²) in [5, 5.41) is 0. The van der Waals surface area contributed by atoms with Gasteiger partial charge >= 0.3 is 0 Å². The molecule has 0 N–H and O–H groups in total. The van der Waals surface area contributed by atoms with E-state index in [0.29, 0.717) is 80.8 Å². The van der Waals surface area contributed by atoms with Crippen molar-refractivity contribution in [2.24, 2.45) is 40.5 Å². The van der Waals surface area contributed by atoms with Gasteiger partial charge in [0.1, 0.15) is 34.5 Å². The highest BCUT2D eigenvalue weighted by Crippen LogP contribution is 2.42. The molecule has 0 heterocycles. The van der Waals surface area contributed by atoms with Crippen molar-refractivity contribution in [3.8, 4) is 34.5 Å². The Morgan fingerprint density at radius 2 is 0.544 bits per heavy atom. The van der Waals surface area contributed by atoms with E-state index in [4.69, 9.17) is 28.4 Å². The number of hydrogen-bond donors (Lipinski definition) is 0. The average Bonchev–Trinajstić information content (AvgIpc) is 0.800. The van der Waals surface area contributed by atoms with Gasteiger partial charge in [-0.05, 0) is 168 Å². The van der Waals surface area contributed by atoms with Gasteiger partial charge in [-0.3, -0.25) is 0 Å². The average molecular weight is 1380 g/mol. The lowest BCUT2D eigenvalue weighted by Crippen LogP contribution is -2.12. The minimum atomic E-state index is 0.312. The van der Waals surface area contributed by atoms with Crippen LogP contribution in [0.15, 0.2) is 205 Å². The van der Waals surface area contributed by atoms with Crippen LogP contribution in [0.1, 0.15) is 166 Å². The molecule has 0 fully saturated rings. The Hall–Kier alpha value is -10.3. The molecule has 0 aromatic heterocycles. The maximum atomic E-state index is 11.0. The maximum Gasteiger partial charge on any atom is 0.240 e. The van der Waals surface area contributed by atoms with Crippen LogP contribution in [0.2, 0.25) is 0 Å². The van der Waals surface area contributed by atoms with Crippen LogP contribution in [0, 0.1) is 35.5 Å². The van der Waals surface area contributed by atoms with Crippen molar-refractivity contribution >= 4 is 94.5 Å². The first-order chi connectivity index (χ1) is 50.2. The van der Waals surface area contributed by atoms with E-state index in [-0.39, 0.29) is 0 Å². The molecule has 0 saturated heterocycles. The van der Waals surface area contributed by atoms with Crippen LogP contribution in [0.3, 0.4) is 0 Å². The zero-order valence-corrected chi connectivity index (χ0v) is 62.8. The first-order valence-electron chi connectivity index (χ1n) is 37.4. The van der Waals surface area contributed by atoms with Crippen LogP contribution in [0.4, 0.5) is 39.8 Å². The molecule has 10 heteroatoms. The lowest BCUT2D eigenvalue weighted by Gasteiger charge is -2.28. The molecule has 536 valence electrons. The van der Waals surface area contributed by atoms with Gasteiger partial charge < -0.3 is 38.2 Å². The topological polar surface area (TPSA) is 91.3 Å². The first kappa shape index (κ1) is 76.9. The normalized spacial score (nSPS) is 13.3. The van der Waals surface area contributed by atoms with Crippen LogP contribution >= 0.6 is 0 Å². The lowest BCUT2D eigenvalue weighted by atomic mass is 10.0. The van der Waals surface area contributed by atoms with Gasteiger partial charge in [-0.2, -0.15) is 4.99 Å². The summed E-state index contributed by atoms with van der Waals surface area (Å²) in [6, 6.07) is 69.3. The van der Waals surface area contributed by atoms with E-state index in [1.165, 1.54) is 0 Å². The Morgan fingerprint density at radius 3 is 0.825 bits per heavy atom. The van der Waals surface area contributed by atoms with E-state index in [9.17, 15) is 4.79 Å². The molecule has 0 bridgehead atoms. The van der Waals surface area contributed by atoms with E-state index in [0.717, 1.165) is 152 Å². The Kier molecular flexibility index (Phi) is 29.7. The van der Waals surface area contributed by atoms with Crippen LogP contribution < -0.4 is 38.2 Å². The number of hydrogen-bond acceptors (Lipinski definition) is 10. The van der Waals surface area contributed by atoms with Crippen LogP contribution in [-0.4, -0.2) is 45.7 Å². The number of nitrogens with zero attached hydrogens (tertiary/aromatic N) is 3. The van der Waals surface area contributed by atoms with Crippen molar-refractivity contribution in [2.75, 3.05) is 49.4 Å². The molecular formula is C93H107N3O7. The zero-order valence-electron chi connectivity index (χ0n) is 62.8. The molecule has 0 amide bonds. The summed E-state index contributed by atoms with van der Waals surface area (Å²) in [6.07, 6.45) is 24.4. The monoisotopic (exact) mass is 1380 g/mol. The number of rotatable bonds is 39. The second kappa shape index (κ2) is 39.8. The number of para-hydroxylation sites is 3. The van der Waals surface area contributed by atoms with E-state index < -0.39 is 0 Å². The standard InChI is InChI=1S/C93H107N3O7/c1-13-67(7)60-98-88-56-77(90(100-62-69(9)15-3)54-75(88)41-37-73-39-47-81(48-40-73)94-66-97)43-45-79-58-93(103-65-72(12)18-6)80(59-92(79)102-64-71(11)17-5)46-44-78-57-89(99-61-68(8)14-2)76(55-91(78)101-63-70(10)16-4)42-38-74-29-28-36-87(53-74)96(84-34-26-21-27-35-84)86-51-49-85(50-52-86)95(82-30-22-19-23-31-82)83-32-24-20-25-33-83/h19-59,67-72H,13-18,60-65H2,1-12H3/b41-37+,42-38+,45-43+,46-44+/t67-,68-,69-,70-,71-,72-/m1/s1. The predicted octanol–water partition coefficient (Wildman–Crippen LogP) is 25.8. The third-order valence-corrected chi connectivity index (χ3v) is 19.1. The van der Waals surface area contributed by atoms with E-state index in [1.807, 2.05) is 18.2 Å². The highest BCUT2D eigenvalue weighted by atomic mass is 16.5. The minimum absolute atomic E-state index is 0.312. The molecule has 0 aliphatic rings. The summed E-state index contributed by atoms with van der Waals surface area (Å²) in [5.41, 5.74) is 14.2. The quantitative estimate of drug-likeness (QED) is 0.0212. The molecule has 103 heavy (non-hydrogen) atoms. The molecule has 0 aliphatic carbocycles. The Balaban J connectivity index is 1.11. The molecule has 10 nitrogen and oxygen atoms in total. The van der Waals surface area contributed by atoms with Crippen LogP contribution in [0.25, 0.3) is 48.6 Å². The fourth-order valence-corrected chi connectivity index (χ4v) is 11.0. The summed E-state index contributed by atoms with van der Waals surface area (Å²) in [7, 11) is 0. The molecule has 0 saturated carbocycles. The highest BCUT2D eigenvalue weighted by Gasteiger charge is 2.20. The summed E-state index contributed by atoms with van der Waals surface area (Å²) in [5.74, 6) is 6.44. The first-order valence-corrected chi connectivity index (χ1v) is 37.4. The van der Waals surface area contributed by atoms with Crippen molar-refractivity contribution in [3.05, 3.63) is 245 Å². The SMILES string of the molecule is CC[C@@H](C)COc1cc(/C=C/c2cc(OC[C@H](C)CC)c(/C=C/c3cc(OC[C@H](C)CC)c(/C=C/c4cccc(N(c5ccccc5)c5ccc(N(c6ccccc6)c6ccccc6)cc5)c4)cc3OC[C@H](C)CC)cc2OC[C@H](C)CC)c(OC[C@H](C)CC)cc1/C=C/c1ccc(N=C=O)cc1. The van der Waals surface area contributed by atoms with Crippen molar-refractivity contribution in [2.45, 2.75) is 122 Å². The lowest BCUT2D eigenvalue weighted by molar-refractivity contribution is 0.249. The third kappa shape index (κ3) is 22.6. The fourth-order valence-electron chi connectivity index (χ4n) is 11.0. The number of benzene rings is 9. The van der Waals surface area contributed by atoms with E-state index >= 15 is 0 Å². The van der Waals surface area contributed by atoms with Crippen molar-refractivity contribution in [1.82, 2.24) is 0 Å². The minimum Gasteiger partial charge on any atom is -0.493 e. The van der Waals surface area contributed by atoms with Gasteiger partial charge in [-0.25, -0.2) is 4.79 Å². The summed E-state index contributed by atoms with van der Waals surface area (Å²) in [6.45, 7) is 29.8. The molecule has 9 aromatic rings. The van der Waals surface area contributed by atoms with Gasteiger partial charge in [0.05, 0.1) is 45.3 Å².